The first-order valence-corrected chi connectivity index (χ1v) is 6.66. The van der Waals surface area contributed by atoms with E-state index in [2.05, 4.69) is 9.13 Å². The highest BCUT2D eigenvalue weighted by atomic mass is 32.2. The molecule has 0 bridgehead atoms. The molecule has 0 aromatic rings. The first kappa shape index (κ1) is 16.5. The van der Waals surface area contributed by atoms with E-state index < -0.39 is 28.4 Å². The molecule has 0 fully saturated rings. The number of nitrogens with two attached hydrogens (primary N) is 1. The van der Waals surface area contributed by atoms with Crippen LogP contribution in [0.3, 0.4) is 0 Å². The highest BCUT2D eigenvalue weighted by Crippen LogP contribution is 2.11. The number of carbonyl (C=O) groups excluding carboxylic acids is 1. The van der Waals surface area contributed by atoms with Crippen molar-refractivity contribution in [3.63, 3.8) is 0 Å². The summed E-state index contributed by atoms with van der Waals surface area (Å²) in [5.41, 5.74) is 5.31. The van der Waals surface area contributed by atoms with Crippen LogP contribution in [-0.4, -0.2) is 44.1 Å². The molecule has 0 heterocycles. The molecule has 106 valence electrons. The van der Waals surface area contributed by atoms with Crippen LogP contribution in [0.4, 0.5) is 4.79 Å². The molecule has 0 aromatic carbocycles. The number of hydrogen-bond donors (Lipinski definition) is 1. The Morgan fingerprint density at radius 2 is 1.78 bits per heavy atom. The average molecular weight is 281 g/mol. The largest absolute Gasteiger partial charge is 0.462 e. The van der Waals surface area contributed by atoms with E-state index in [1.54, 1.807) is 13.8 Å². The molecule has 1 amide bonds. The summed E-state index contributed by atoms with van der Waals surface area (Å²) in [6.45, 7) is 6.33. The van der Waals surface area contributed by atoms with E-state index in [4.69, 9.17) is 10.5 Å². The van der Waals surface area contributed by atoms with Crippen LogP contribution in [-0.2, 0) is 19.7 Å². The summed E-state index contributed by atoms with van der Waals surface area (Å²) in [4.78, 5) is 11.4. The second-order valence-corrected chi connectivity index (χ2v) is 5.41. The lowest BCUT2D eigenvalue weighted by atomic mass is 10.4. The molecule has 0 saturated carbocycles. The Hall–Kier alpha value is -1.51. The minimum absolute atomic E-state index is 0.324. The Morgan fingerprint density at radius 1 is 1.28 bits per heavy atom. The van der Waals surface area contributed by atoms with E-state index in [1.165, 1.54) is 13.8 Å². The molecule has 0 aliphatic rings. The zero-order valence-electron chi connectivity index (χ0n) is 11.1. The second-order valence-electron chi connectivity index (χ2n) is 3.93. The molecule has 0 rings (SSSR count). The van der Waals surface area contributed by atoms with Gasteiger partial charge < -0.3 is 15.2 Å². The van der Waals surface area contributed by atoms with Crippen LogP contribution in [0, 0.1) is 0 Å². The van der Waals surface area contributed by atoms with Crippen LogP contribution in [0.5, 0.6) is 0 Å². The number of rotatable bonds is 4. The van der Waals surface area contributed by atoms with Crippen LogP contribution in [0.1, 0.15) is 27.7 Å². The van der Waals surface area contributed by atoms with Crippen LogP contribution >= 0.6 is 0 Å². The van der Waals surface area contributed by atoms with E-state index in [1.807, 2.05) is 0 Å². The zero-order valence-corrected chi connectivity index (χ0v) is 11.9. The summed E-state index contributed by atoms with van der Waals surface area (Å²) in [5.74, 6) is 0. The van der Waals surface area contributed by atoms with E-state index in [0.29, 0.717) is 4.31 Å². The number of ether oxygens (including phenoxy) is 2. The first-order valence-electron chi connectivity index (χ1n) is 5.26. The van der Waals surface area contributed by atoms with Gasteiger partial charge in [0.05, 0.1) is 13.2 Å². The lowest BCUT2D eigenvalue weighted by molar-refractivity contribution is 0.142. The van der Waals surface area contributed by atoms with Crippen molar-refractivity contribution in [1.29, 1.82) is 0 Å². The second kappa shape index (κ2) is 6.43. The van der Waals surface area contributed by atoms with Gasteiger partial charge in [0.2, 0.25) is 0 Å². The third-order valence-electron chi connectivity index (χ3n) is 1.63. The fourth-order valence-corrected chi connectivity index (χ4v) is 2.24. The molecule has 8 nitrogen and oxygen atoms in total. The molecular formula is C9H19N3O5S. The average Bonchev–Trinajstić information content (AvgIpc) is 2.13. The summed E-state index contributed by atoms with van der Waals surface area (Å²) in [5, 5.41) is 0. The third-order valence-corrected chi connectivity index (χ3v) is 3.11. The Labute approximate surface area is 107 Å². The number of amidine groups is 1. The molecule has 0 spiro atoms. The van der Waals surface area contributed by atoms with Gasteiger partial charge in [0.1, 0.15) is 0 Å². The summed E-state index contributed by atoms with van der Waals surface area (Å²) < 4.78 is 36.6. The molecule has 0 radical (unpaired) electrons. The topological polar surface area (TPSA) is 111 Å². The maximum absolute atomic E-state index is 11.8. The van der Waals surface area contributed by atoms with Gasteiger partial charge in [-0.15, -0.1) is 0 Å². The molecule has 0 aromatic heterocycles. The summed E-state index contributed by atoms with van der Waals surface area (Å²) in [6.07, 6.45) is -1.36. The molecule has 0 atom stereocenters. The number of carbonyl (C=O) groups is 1. The summed E-state index contributed by atoms with van der Waals surface area (Å²) >= 11 is 0. The zero-order chi connectivity index (χ0) is 14.5. The van der Waals surface area contributed by atoms with Crippen molar-refractivity contribution in [1.82, 2.24) is 4.31 Å². The molecular weight excluding hydrogens is 262 g/mol. The van der Waals surface area contributed by atoms with Gasteiger partial charge in [-0.3, -0.25) is 0 Å². The Morgan fingerprint density at radius 3 is 2.11 bits per heavy atom. The Balaban J connectivity index is 5.27. The van der Waals surface area contributed by atoms with E-state index in [-0.39, 0.29) is 6.10 Å². The molecule has 0 unspecified atom stereocenters. The van der Waals surface area contributed by atoms with Crippen LogP contribution < -0.4 is 5.73 Å². The molecule has 18 heavy (non-hydrogen) atoms. The SMILES string of the molecule is COC(=O)N(C(C)C)S(=O)(=O)N=C(N)OC(C)C. The molecule has 0 aliphatic carbocycles. The fraction of sp³-hybridized carbons (Fsp3) is 0.778. The Kier molecular flexibility index (Phi) is 5.89. The molecule has 0 aliphatic heterocycles. The van der Waals surface area contributed by atoms with Crippen molar-refractivity contribution in [2.75, 3.05) is 7.11 Å². The highest BCUT2D eigenvalue weighted by molar-refractivity contribution is 7.88. The molecule has 9 heteroatoms. The monoisotopic (exact) mass is 281 g/mol. The van der Waals surface area contributed by atoms with Gasteiger partial charge >= 0.3 is 16.3 Å². The van der Waals surface area contributed by atoms with Crippen molar-refractivity contribution >= 4 is 22.3 Å². The van der Waals surface area contributed by atoms with Gasteiger partial charge in [-0.25, -0.2) is 4.79 Å². The predicted molar refractivity (Wildman–Crippen MR) is 66.1 cm³/mol. The Bertz CT molecular complexity index is 416. The first-order chi connectivity index (χ1) is 8.11. The van der Waals surface area contributed by atoms with E-state index >= 15 is 0 Å². The number of nitrogens with zero attached hydrogens (tertiary/aromatic N) is 2. The van der Waals surface area contributed by atoms with Crippen molar-refractivity contribution in [2.24, 2.45) is 10.1 Å². The predicted octanol–water partition coefficient (Wildman–Crippen LogP) is 0.448. The van der Waals surface area contributed by atoms with Gasteiger partial charge in [-0.05, 0) is 27.7 Å². The van der Waals surface area contributed by atoms with Crippen molar-refractivity contribution in [3.8, 4) is 0 Å². The molecule has 2 N–H and O–H groups in total. The van der Waals surface area contributed by atoms with Crippen LogP contribution in [0.2, 0.25) is 0 Å². The minimum Gasteiger partial charge on any atom is -0.462 e. The van der Waals surface area contributed by atoms with Crippen LogP contribution in [0.25, 0.3) is 0 Å². The van der Waals surface area contributed by atoms with Crippen molar-refractivity contribution < 1.29 is 22.7 Å². The number of hydrogen-bond acceptors (Lipinski definition) is 5. The van der Waals surface area contributed by atoms with E-state index in [0.717, 1.165) is 7.11 Å². The normalized spacial score (nSPS) is 12.7. The highest BCUT2D eigenvalue weighted by Gasteiger charge is 2.31. The van der Waals surface area contributed by atoms with Gasteiger partial charge in [0, 0.05) is 6.04 Å². The van der Waals surface area contributed by atoms with Crippen molar-refractivity contribution in [3.05, 3.63) is 0 Å². The van der Waals surface area contributed by atoms with Gasteiger partial charge in [0.15, 0.2) is 0 Å². The van der Waals surface area contributed by atoms with Gasteiger partial charge in [0.25, 0.3) is 6.02 Å². The lowest BCUT2D eigenvalue weighted by Gasteiger charge is -2.22. The maximum Gasteiger partial charge on any atom is 0.424 e. The fourth-order valence-electron chi connectivity index (χ4n) is 1.08. The lowest BCUT2D eigenvalue weighted by Crippen LogP contribution is -2.41. The standard InChI is InChI=1S/C9H19N3O5S/c1-6(2)12(9(13)16-5)18(14,15)11-8(10)17-7(3)4/h6-7H,1-5H3,(H2,10,11). The maximum atomic E-state index is 11.8. The van der Waals surface area contributed by atoms with Crippen molar-refractivity contribution in [2.45, 2.75) is 39.8 Å². The number of amides is 1. The van der Waals surface area contributed by atoms with Gasteiger partial charge in [-0.2, -0.15) is 12.7 Å². The molecule has 0 saturated heterocycles. The van der Waals surface area contributed by atoms with Crippen LogP contribution in [0.15, 0.2) is 4.40 Å². The van der Waals surface area contributed by atoms with Gasteiger partial charge in [-0.1, -0.05) is 4.40 Å². The minimum atomic E-state index is -4.28. The quantitative estimate of drug-likeness (QED) is 0.591. The third kappa shape index (κ3) is 4.78. The smallest absolute Gasteiger partial charge is 0.424 e. The van der Waals surface area contributed by atoms with E-state index in [9.17, 15) is 13.2 Å². The number of methoxy groups -OCH3 is 1. The summed E-state index contributed by atoms with van der Waals surface area (Å²) in [6, 6.07) is -1.18. The summed E-state index contributed by atoms with van der Waals surface area (Å²) in [7, 11) is -3.21.